The van der Waals surface area contributed by atoms with Crippen LogP contribution < -0.4 is 19.5 Å². The Kier molecular flexibility index (Phi) is 6.06. The summed E-state index contributed by atoms with van der Waals surface area (Å²) < 4.78 is 43.0. The van der Waals surface area contributed by atoms with E-state index in [1.54, 1.807) is 0 Å². The SMILES string of the molecule is COc1cc(NC(=O)c2cc(-c3ccc(F)cc3F)ccc2O)cc(OC)c1OC. The van der Waals surface area contributed by atoms with E-state index in [9.17, 15) is 18.7 Å². The van der Waals surface area contributed by atoms with Gasteiger partial charge in [0, 0.05) is 29.4 Å². The number of rotatable bonds is 6. The maximum atomic E-state index is 14.1. The third-order valence-corrected chi connectivity index (χ3v) is 4.41. The molecule has 8 heteroatoms. The predicted octanol–water partition coefficient (Wildman–Crippen LogP) is 4.62. The summed E-state index contributed by atoms with van der Waals surface area (Å²) in [6.07, 6.45) is 0. The zero-order valence-electron chi connectivity index (χ0n) is 16.5. The second-order valence-electron chi connectivity index (χ2n) is 6.22. The molecule has 0 bridgehead atoms. The number of benzene rings is 3. The van der Waals surface area contributed by atoms with E-state index in [1.165, 1.54) is 57.7 Å². The van der Waals surface area contributed by atoms with Crippen LogP contribution in [-0.2, 0) is 0 Å². The van der Waals surface area contributed by atoms with Crippen molar-refractivity contribution < 1.29 is 32.9 Å². The van der Waals surface area contributed by atoms with Crippen LogP contribution in [0, 0.1) is 11.6 Å². The van der Waals surface area contributed by atoms with Gasteiger partial charge in [-0.05, 0) is 29.8 Å². The van der Waals surface area contributed by atoms with Crippen molar-refractivity contribution >= 4 is 11.6 Å². The van der Waals surface area contributed by atoms with Gasteiger partial charge in [0.05, 0.1) is 26.9 Å². The molecule has 3 rings (SSSR count). The van der Waals surface area contributed by atoms with Crippen LogP contribution in [0.2, 0.25) is 0 Å². The zero-order chi connectivity index (χ0) is 21.8. The van der Waals surface area contributed by atoms with Gasteiger partial charge >= 0.3 is 0 Å². The number of halogens is 2. The van der Waals surface area contributed by atoms with Gasteiger partial charge < -0.3 is 24.6 Å². The second-order valence-corrected chi connectivity index (χ2v) is 6.22. The smallest absolute Gasteiger partial charge is 0.259 e. The molecule has 30 heavy (non-hydrogen) atoms. The highest BCUT2D eigenvalue weighted by Crippen LogP contribution is 2.40. The third-order valence-electron chi connectivity index (χ3n) is 4.41. The Morgan fingerprint density at radius 1 is 0.900 bits per heavy atom. The molecular formula is C22H19F2NO5. The lowest BCUT2D eigenvalue weighted by atomic mass is 10.0. The van der Waals surface area contributed by atoms with Crippen LogP contribution in [0.4, 0.5) is 14.5 Å². The molecule has 3 aromatic rings. The van der Waals surface area contributed by atoms with Crippen LogP contribution in [-0.4, -0.2) is 32.3 Å². The van der Waals surface area contributed by atoms with Crippen LogP contribution in [0.3, 0.4) is 0 Å². The average Bonchev–Trinajstić information content (AvgIpc) is 2.73. The fourth-order valence-corrected chi connectivity index (χ4v) is 2.96. The van der Waals surface area contributed by atoms with Crippen LogP contribution in [0.1, 0.15) is 10.4 Å². The molecule has 0 unspecified atom stereocenters. The molecule has 0 aliphatic heterocycles. The number of carbonyl (C=O) groups is 1. The number of amides is 1. The Hall–Kier alpha value is -3.81. The number of hydrogen-bond donors (Lipinski definition) is 2. The lowest BCUT2D eigenvalue weighted by molar-refractivity contribution is 0.102. The van der Waals surface area contributed by atoms with Crippen molar-refractivity contribution in [2.45, 2.75) is 0 Å². The highest BCUT2D eigenvalue weighted by molar-refractivity contribution is 6.07. The van der Waals surface area contributed by atoms with E-state index in [4.69, 9.17) is 14.2 Å². The minimum atomic E-state index is -0.781. The van der Waals surface area contributed by atoms with Crippen molar-refractivity contribution in [3.63, 3.8) is 0 Å². The number of aromatic hydroxyl groups is 1. The molecule has 0 aromatic heterocycles. The number of carbonyl (C=O) groups excluding carboxylic acids is 1. The van der Waals surface area contributed by atoms with E-state index >= 15 is 0 Å². The summed E-state index contributed by atoms with van der Waals surface area (Å²) in [5, 5.41) is 12.8. The van der Waals surface area contributed by atoms with Crippen molar-refractivity contribution in [2.75, 3.05) is 26.6 Å². The molecule has 1 amide bonds. The second kappa shape index (κ2) is 8.69. The van der Waals surface area contributed by atoms with E-state index in [0.29, 0.717) is 28.5 Å². The number of phenolic OH excluding ortho intramolecular Hbond substituents is 1. The summed E-state index contributed by atoms with van der Waals surface area (Å²) in [4.78, 5) is 12.8. The monoisotopic (exact) mass is 415 g/mol. The Balaban J connectivity index is 1.96. The molecule has 0 heterocycles. The first-order valence-electron chi connectivity index (χ1n) is 8.77. The lowest BCUT2D eigenvalue weighted by Gasteiger charge is -2.15. The normalized spacial score (nSPS) is 10.4. The Morgan fingerprint density at radius 3 is 2.13 bits per heavy atom. The minimum Gasteiger partial charge on any atom is -0.507 e. The van der Waals surface area contributed by atoms with Gasteiger partial charge in [-0.1, -0.05) is 6.07 Å². The molecule has 156 valence electrons. The highest BCUT2D eigenvalue weighted by atomic mass is 19.1. The molecule has 0 radical (unpaired) electrons. The van der Waals surface area contributed by atoms with Gasteiger partial charge in [0.25, 0.3) is 5.91 Å². The molecule has 2 N–H and O–H groups in total. The molecule has 0 aliphatic rings. The number of methoxy groups -OCH3 is 3. The summed E-state index contributed by atoms with van der Waals surface area (Å²) in [5.41, 5.74) is 0.635. The van der Waals surface area contributed by atoms with E-state index in [0.717, 1.165) is 12.1 Å². The summed E-state index contributed by atoms with van der Waals surface area (Å²) >= 11 is 0. The van der Waals surface area contributed by atoms with E-state index < -0.39 is 17.5 Å². The Labute approximate surface area is 171 Å². The van der Waals surface area contributed by atoms with Crippen LogP contribution >= 0.6 is 0 Å². The van der Waals surface area contributed by atoms with Crippen LogP contribution in [0.15, 0.2) is 48.5 Å². The zero-order valence-corrected chi connectivity index (χ0v) is 16.5. The van der Waals surface area contributed by atoms with Crippen LogP contribution in [0.25, 0.3) is 11.1 Å². The van der Waals surface area contributed by atoms with Gasteiger partial charge in [-0.15, -0.1) is 0 Å². The third kappa shape index (κ3) is 4.12. The number of hydrogen-bond acceptors (Lipinski definition) is 5. The maximum absolute atomic E-state index is 14.1. The molecule has 0 aliphatic carbocycles. The van der Waals surface area contributed by atoms with Crippen molar-refractivity contribution in [1.29, 1.82) is 0 Å². The van der Waals surface area contributed by atoms with Crippen molar-refractivity contribution in [2.24, 2.45) is 0 Å². The summed E-state index contributed by atoms with van der Waals surface area (Å²) in [6, 6.07) is 10.2. The number of anilines is 1. The molecule has 0 saturated heterocycles. The van der Waals surface area contributed by atoms with Crippen LogP contribution in [0.5, 0.6) is 23.0 Å². The molecule has 0 saturated carbocycles. The molecule has 0 fully saturated rings. The summed E-state index contributed by atoms with van der Waals surface area (Å²) in [6.45, 7) is 0. The van der Waals surface area contributed by atoms with Gasteiger partial charge in [0.1, 0.15) is 17.4 Å². The molecular weight excluding hydrogens is 396 g/mol. The minimum absolute atomic E-state index is 0.0926. The number of nitrogens with one attached hydrogen (secondary N) is 1. The number of ether oxygens (including phenoxy) is 3. The van der Waals surface area contributed by atoms with Crippen molar-refractivity contribution in [3.8, 4) is 34.1 Å². The summed E-state index contributed by atoms with van der Waals surface area (Å²) in [5.74, 6) is -1.42. The van der Waals surface area contributed by atoms with Gasteiger partial charge in [-0.25, -0.2) is 8.78 Å². The Morgan fingerprint density at radius 2 is 1.57 bits per heavy atom. The first-order valence-corrected chi connectivity index (χ1v) is 8.77. The first kappa shape index (κ1) is 20.9. The van der Waals surface area contributed by atoms with Gasteiger partial charge in [-0.3, -0.25) is 4.79 Å². The average molecular weight is 415 g/mol. The standard InChI is InChI=1S/C22H19F2NO5/c1-28-19-10-14(11-20(29-2)21(19)30-3)25-22(27)16-8-12(4-7-18(16)26)15-6-5-13(23)9-17(15)24/h4-11,26H,1-3H3,(H,25,27). The Bertz CT molecular complexity index is 1080. The number of phenols is 1. The van der Waals surface area contributed by atoms with Gasteiger partial charge in [-0.2, -0.15) is 0 Å². The molecule has 3 aromatic carbocycles. The lowest BCUT2D eigenvalue weighted by Crippen LogP contribution is -2.12. The van der Waals surface area contributed by atoms with Gasteiger partial charge in [0.15, 0.2) is 11.5 Å². The largest absolute Gasteiger partial charge is 0.507 e. The van der Waals surface area contributed by atoms with Crippen molar-refractivity contribution in [1.82, 2.24) is 0 Å². The van der Waals surface area contributed by atoms with E-state index in [-0.39, 0.29) is 16.9 Å². The highest BCUT2D eigenvalue weighted by Gasteiger charge is 2.18. The topological polar surface area (TPSA) is 77.0 Å². The fraction of sp³-hybridized carbons (Fsp3) is 0.136. The van der Waals surface area contributed by atoms with E-state index in [2.05, 4.69) is 5.32 Å². The summed E-state index contributed by atoms with van der Waals surface area (Å²) in [7, 11) is 4.33. The quantitative estimate of drug-likeness (QED) is 0.615. The van der Waals surface area contributed by atoms with Gasteiger partial charge in [0.2, 0.25) is 5.75 Å². The molecule has 0 atom stereocenters. The van der Waals surface area contributed by atoms with E-state index in [1.807, 2.05) is 0 Å². The maximum Gasteiger partial charge on any atom is 0.259 e. The first-order chi connectivity index (χ1) is 14.4. The predicted molar refractivity (Wildman–Crippen MR) is 108 cm³/mol. The molecule has 6 nitrogen and oxygen atoms in total. The molecule has 0 spiro atoms. The fourth-order valence-electron chi connectivity index (χ4n) is 2.96. The van der Waals surface area contributed by atoms with Crippen molar-refractivity contribution in [3.05, 3.63) is 65.7 Å².